The number of nitrogens with one attached hydrogen (secondary N) is 1. The molecule has 1 aliphatic heterocycles. The Hall–Kier alpha value is -0.900. The minimum atomic E-state index is -0.176. The second kappa shape index (κ2) is 3.84. The molecule has 2 rings (SSSR count). The van der Waals surface area contributed by atoms with Crippen molar-refractivity contribution in [1.29, 1.82) is 0 Å². The molecule has 1 heterocycles. The zero-order valence-corrected chi connectivity index (χ0v) is 10.5. The molecule has 0 bridgehead atoms. The fourth-order valence-corrected chi connectivity index (χ4v) is 2.54. The Morgan fingerprint density at radius 2 is 1.62 bits per heavy atom. The zero-order valence-electron chi connectivity index (χ0n) is 10.5. The lowest BCUT2D eigenvalue weighted by Gasteiger charge is -2.43. The molecule has 0 amide bonds. The highest BCUT2D eigenvalue weighted by molar-refractivity contribution is 5.48. The lowest BCUT2D eigenvalue weighted by Crippen LogP contribution is -2.60. The molecular formula is C13H20N2O. The lowest BCUT2D eigenvalue weighted by atomic mass is 9.80. The van der Waals surface area contributed by atoms with Gasteiger partial charge in [-0.15, -0.1) is 0 Å². The van der Waals surface area contributed by atoms with Gasteiger partial charge >= 0.3 is 0 Å². The Labute approximate surface area is 97.0 Å². The molecule has 0 saturated carbocycles. The van der Waals surface area contributed by atoms with Gasteiger partial charge in [0.05, 0.1) is 13.2 Å². The molecule has 1 aromatic rings. The molecule has 1 aliphatic rings. The van der Waals surface area contributed by atoms with Crippen LogP contribution in [0.15, 0.2) is 6.07 Å². The summed E-state index contributed by atoms with van der Waals surface area (Å²) in [4.78, 5) is 0. The standard InChI is InChI=1S/C13H20N2O/c1-8-5-9(2)11(4)12(10(8)3)13(15-14)6-16-7-13/h5,15H,6-7,14H2,1-4H3. The van der Waals surface area contributed by atoms with Crippen molar-refractivity contribution < 1.29 is 4.74 Å². The number of ether oxygens (including phenoxy) is 1. The third-order valence-corrected chi connectivity index (χ3v) is 3.82. The zero-order chi connectivity index (χ0) is 11.9. The summed E-state index contributed by atoms with van der Waals surface area (Å²) in [6.45, 7) is 9.94. The van der Waals surface area contributed by atoms with Crippen LogP contribution in [0.3, 0.4) is 0 Å². The Morgan fingerprint density at radius 3 is 1.94 bits per heavy atom. The van der Waals surface area contributed by atoms with E-state index in [1.54, 1.807) is 0 Å². The van der Waals surface area contributed by atoms with E-state index in [1.807, 2.05) is 0 Å². The van der Waals surface area contributed by atoms with Crippen LogP contribution in [-0.2, 0) is 10.3 Å². The molecule has 0 unspecified atom stereocenters. The predicted octanol–water partition coefficient (Wildman–Crippen LogP) is 1.61. The fourth-order valence-electron chi connectivity index (χ4n) is 2.54. The van der Waals surface area contributed by atoms with Crippen molar-refractivity contribution in [3.63, 3.8) is 0 Å². The summed E-state index contributed by atoms with van der Waals surface area (Å²) in [5.74, 6) is 5.71. The summed E-state index contributed by atoms with van der Waals surface area (Å²) in [6, 6.07) is 2.23. The van der Waals surface area contributed by atoms with Crippen LogP contribution in [0.2, 0.25) is 0 Å². The van der Waals surface area contributed by atoms with E-state index in [2.05, 4.69) is 39.2 Å². The van der Waals surface area contributed by atoms with Gasteiger partial charge in [-0.3, -0.25) is 5.84 Å². The maximum absolute atomic E-state index is 5.71. The van der Waals surface area contributed by atoms with E-state index in [9.17, 15) is 0 Å². The molecule has 3 heteroatoms. The monoisotopic (exact) mass is 220 g/mol. The van der Waals surface area contributed by atoms with Gasteiger partial charge in [-0.2, -0.15) is 0 Å². The number of hydrogen-bond acceptors (Lipinski definition) is 3. The largest absolute Gasteiger partial charge is 0.377 e. The molecule has 3 nitrogen and oxygen atoms in total. The second-order valence-corrected chi connectivity index (χ2v) is 4.85. The van der Waals surface area contributed by atoms with E-state index in [0.717, 1.165) is 0 Å². The van der Waals surface area contributed by atoms with Gasteiger partial charge in [0.25, 0.3) is 0 Å². The van der Waals surface area contributed by atoms with Gasteiger partial charge in [0.15, 0.2) is 0 Å². The minimum Gasteiger partial charge on any atom is -0.377 e. The molecule has 3 N–H and O–H groups in total. The lowest BCUT2D eigenvalue weighted by molar-refractivity contribution is -0.0793. The number of rotatable bonds is 2. The van der Waals surface area contributed by atoms with E-state index in [-0.39, 0.29) is 5.54 Å². The van der Waals surface area contributed by atoms with Gasteiger partial charge < -0.3 is 4.74 Å². The van der Waals surface area contributed by atoms with Gasteiger partial charge in [0.2, 0.25) is 0 Å². The Bertz CT molecular complexity index is 391. The van der Waals surface area contributed by atoms with E-state index in [0.29, 0.717) is 13.2 Å². The van der Waals surface area contributed by atoms with Crippen molar-refractivity contribution in [2.24, 2.45) is 5.84 Å². The topological polar surface area (TPSA) is 47.3 Å². The van der Waals surface area contributed by atoms with Gasteiger partial charge in [0, 0.05) is 0 Å². The van der Waals surface area contributed by atoms with E-state index in [1.165, 1.54) is 27.8 Å². The van der Waals surface area contributed by atoms with Crippen molar-refractivity contribution in [3.05, 3.63) is 33.9 Å². The first-order valence-electron chi connectivity index (χ1n) is 5.65. The fraction of sp³-hybridized carbons (Fsp3) is 0.538. The molecule has 1 saturated heterocycles. The Kier molecular flexibility index (Phi) is 2.78. The van der Waals surface area contributed by atoms with Crippen LogP contribution in [0.5, 0.6) is 0 Å². The first-order valence-corrected chi connectivity index (χ1v) is 5.65. The molecule has 1 fully saturated rings. The molecule has 0 aromatic heterocycles. The SMILES string of the molecule is Cc1cc(C)c(C)c(C2(NN)COC2)c1C. The number of benzene rings is 1. The first kappa shape index (κ1) is 11.6. The van der Waals surface area contributed by atoms with Crippen LogP contribution in [0.25, 0.3) is 0 Å². The second-order valence-electron chi connectivity index (χ2n) is 4.85. The van der Waals surface area contributed by atoms with Gasteiger partial charge in [-0.1, -0.05) is 6.07 Å². The minimum absolute atomic E-state index is 0.176. The average molecular weight is 220 g/mol. The van der Waals surface area contributed by atoms with Crippen LogP contribution in [0.1, 0.15) is 27.8 Å². The summed E-state index contributed by atoms with van der Waals surface area (Å²) in [5.41, 5.74) is 9.37. The van der Waals surface area contributed by atoms with Crippen molar-refractivity contribution in [2.45, 2.75) is 33.2 Å². The van der Waals surface area contributed by atoms with E-state index in [4.69, 9.17) is 10.6 Å². The van der Waals surface area contributed by atoms with Crippen LogP contribution < -0.4 is 11.3 Å². The number of hydrogen-bond donors (Lipinski definition) is 2. The molecule has 88 valence electrons. The highest BCUT2D eigenvalue weighted by Crippen LogP contribution is 2.35. The van der Waals surface area contributed by atoms with Gasteiger partial charge in [-0.05, 0) is 55.5 Å². The van der Waals surface area contributed by atoms with Crippen molar-refractivity contribution in [2.75, 3.05) is 13.2 Å². The van der Waals surface area contributed by atoms with Crippen molar-refractivity contribution in [1.82, 2.24) is 5.43 Å². The van der Waals surface area contributed by atoms with Crippen LogP contribution in [-0.4, -0.2) is 13.2 Å². The quantitative estimate of drug-likeness (QED) is 0.588. The average Bonchev–Trinajstić information content (AvgIpc) is 2.19. The van der Waals surface area contributed by atoms with Crippen LogP contribution in [0, 0.1) is 27.7 Å². The molecule has 0 spiro atoms. The van der Waals surface area contributed by atoms with Crippen LogP contribution >= 0.6 is 0 Å². The highest BCUT2D eigenvalue weighted by Gasteiger charge is 2.41. The van der Waals surface area contributed by atoms with Gasteiger partial charge in [0.1, 0.15) is 5.54 Å². The summed E-state index contributed by atoms with van der Waals surface area (Å²) in [7, 11) is 0. The molecule has 1 aromatic carbocycles. The summed E-state index contributed by atoms with van der Waals surface area (Å²) in [6.07, 6.45) is 0. The number of hydrazine groups is 1. The summed E-state index contributed by atoms with van der Waals surface area (Å²) < 4.78 is 5.33. The van der Waals surface area contributed by atoms with Crippen LogP contribution in [0.4, 0.5) is 0 Å². The normalized spacial score (nSPS) is 18.3. The predicted molar refractivity (Wildman–Crippen MR) is 65.2 cm³/mol. The summed E-state index contributed by atoms with van der Waals surface area (Å²) >= 11 is 0. The third kappa shape index (κ3) is 1.47. The maximum Gasteiger partial charge on any atom is 0.104 e. The van der Waals surface area contributed by atoms with Crippen molar-refractivity contribution >= 4 is 0 Å². The molecule has 0 radical (unpaired) electrons. The Balaban J connectivity index is 2.63. The smallest absolute Gasteiger partial charge is 0.104 e. The van der Waals surface area contributed by atoms with E-state index < -0.39 is 0 Å². The van der Waals surface area contributed by atoms with Gasteiger partial charge in [-0.25, -0.2) is 5.43 Å². The summed E-state index contributed by atoms with van der Waals surface area (Å²) in [5, 5.41) is 0. The van der Waals surface area contributed by atoms with Crippen molar-refractivity contribution in [3.8, 4) is 0 Å². The first-order chi connectivity index (χ1) is 7.52. The molecule has 16 heavy (non-hydrogen) atoms. The molecule has 0 aliphatic carbocycles. The van der Waals surface area contributed by atoms with E-state index >= 15 is 0 Å². The highest BCUT2D eigenvalue weighted by atomic mass is 16.5. The molecule has 0 atom stereocenters. The number of aryl methyl sites for hydroxylation is 2. The molecular weight excluding hydrogens is 200 g/mol. The maximum atomic E-state index is 5.71. The third-order valence-electron chi connectivity index (χ3n) is 3.82. The number of nitrogens with two attached hydrogens (primary N) is 1. The Morgan fingerprint density at radius 1 is 1.12 bits per heavy atom.